The second-order valence-electron chi connectivity index (χ2n) is 5.07. The molecule has 3 rings (SSSR count). The van der Waals surface area contributed by atoms with Crippen molar-refractivity contribution in [3.05, 3.63) is 69.3 Å². The van der Waals surface area contributed by atoms with Crippen molar-refractivity contribution in [2.45, 2.75) is 12.7 Å². The Labute approximate surface area is 143 Å². The first-order valence-corrected chi connectivity index (χ1v) is 7.89. The predicted molar refractivity (Wildman–Crippen MR) is 86.9 cm³/mol. The van der Waals surface area contributed by atoms with Gasteiger partial charge in [-0.2, -0.15) is 18.3 Å². The summed E-state index contributed by atoms with van der Waals surface area (Å²) in [5, 5.41) is 20.3. The van der Waals surface area contributed by atoms with E-state index in [1.165, 1.54) is 11.3 Å². The van der Waals surface area contributed by atoms with Crippen LogP contribution in [-0.2, 0) is 12.7 Å². The van der Waals surface area contributed by atoms with Gasteiger partial charge in [-0.05, 0) is 23.8 Å². The smallest absolute Gasteiger partial charge is 0.380 e. The first kappa shape index (κ1) is 17.0. The van der Waals surface area contributed by atoms with Crippen molar-refractivity contribution in [2.24, 2.45) is 0 Å². The summed E-state index contributed by atoms with van der Waals surface area (Å²) in [7, 11) is 0. The highest BCUT2D eigenvalue weighted by atomic mass is 32.1. The number of nitrogens with zero attached hydrogens (tertiary/aromatic N) is 3. The fraction of sp³-hybridized carbons (Fsp3) is 0.133. The Morgan fingerprint density at radius 2 is 2.12 bits per heavy atom. The predicted octanol–water partition coefficient (Wildman–Crippen LogP) is 4.47. The molecule has 2 heterocycles. The number of benzene rings is 1. The lowest BCUT2D eigenvalue weighted by Gasteiger charge is -2.13. The Morgan fingerprint density at radius 1 is 1.32 bits per heavy atom. The molecule has 3 aromatic rings. The summed E-state index contributed by atoms with van der Waals surface area (Å²) in [4.78, 5) is 10.1. The molecule has 0 spiro atoms. The zero-order valence-electron chi connectivity index (χ0n) is 12.5. The standard InChI is InChI=1S/C15H11F3N4O2S/c16-15(17,18)13-3-2-12(22(23)24)6-10(13)8-19-11-7-14(25-9-11)21-5-1-4-20-21/h1-7,9,19H,8H2. The molecule has 0 fully saturated rings. The minimum absolute atomic E-state index is 0.187. The van der Waals surface area contributed by atoms with Crippen LogP contribution in [0.25, 0.3) is 5.00 Å². The molecule has 6 nitrogen and oxygen atoms in total. The lowest BCUT2D eigenvalue weighted by atomic mass is 10.1. The van der Waals surface area contributed by atoms with E-state index < -0.39 is 16.7 Å². The van der Waals surface area contributed by atoms with E-state index >= 15 is 0 Å². The van der Waals surface area contributed by atoms with E-state index in [9.17, 15) is 23.3 Å². The zero-order valence-corrected chi connectivity index (χ0v) is 13.3. The summed E-state index contributed by atoms with van der Waals surface area (Å²) < 4.78 is 40.9. The van der Waals surface area contributed by atoms with Gasteiger partial charge in [0, 0.05) is 42.1 Å². The molecule has 0 bridgehead atoms. The van der Waals surface area contributed by atoms with E-state index in [1.54, 1.807) is 34.6 Å². The van der Waals surface area contributed by atoms with Crippen molar-refractivity contribution in [1.29, 1.82) is 0 Å². The molecule has 10 heteroatoms. The Hall–Kier alpha value is -2.88. The highest BCUT2D eigenvalue weighted by molar-refractivity contribution is 7.13. The number of alkyl halides is 3. The van der Waals surface area contributed by atoms with Crippen LogP contribution in [0.3, 0.4) is 0 Å². The molecule has 1 aromatic carbocycles. The van der Waals surface area contributed by atoms with E-state index in [4.69, 9.17) is 0 Å². The number of hydrogen-bond acceptors (Lipinski definition) is 5. The normalized spacial score (nSPS) is 11.5. The second kappa shape index (κ2) is 6.55. The molecule has 0 aliphatic rings. The van der Waals surface area contributed by atoms with E-state index in [0.29, 0.717) is 5.69 Å². The van der Waals surface area contributed by atoms with Crippen LogP contribution in [0.15, 0.2) is 48.1 Å². The van der Waals surface area contributed by atoms with Gasteiger partial charge in [-0.15, -0.1) is 11.3 Å². The maximum Gasteiger partial charge on any atom is 0.416 e. The van der Waals surface area contributed by atoms with Gasteiger partial charge in [-0.25, -0.2) is 4.68 Å². The van der Waals surface area contributed by atoms with Crippen LogP contribution in [0, 0.1) is 10.1 Å². The molecular weight excluding hydrogens is 357 g/mol. The SMILES string of the molecule is O=[N+]([O-])c1ccc(C(F)(F)F)c(CNc2csc(-n3cccn3)c2)c1. The van der Waals surface area contributed by atoms with Gasteiger partial charge in [-0.1, -0.05) is 0 Å². The zero-order chi connectivity index (χ0) is 18.0. The molecule has 0 radical (unpaired) electrons. The highest BCUT2D eigenvalue weighted by Gasteiger charge is 2.34. The average Bonchev–Trinajstić information content (AvgIpc) is 3.22. The van der Waals surface area contributed by atoms with Crippen LogP contribution >= 0.6 is 11.3 Å². The van der Waals surface area contributed by atoms with Crippen molar-refractivity contribution in [1.82, 2.24) is 9.78 Å². The van der Waals surface area contributed by atoms with Gasteiger partial charge in [-0.3, -0.25) is 10.1 Å². The monoisotopic (exact) mass is 368 g/mol. The van der Waals surface area contributed by atoms with E-state index in [-0.39, 0.29) is 17.8 Å². The number of nitro benzene ring substituents is 1. The summed E-state index contributed by atoms with van der Waals surface area (Å²) in [5.74, 6) is 0. The van der Waals surface area contributed by atoms with E-state index in [0.717, 1.165) is 23.2 Å². The Balaban J connectivity index is 1.82. The van der Waals surface area contributed by atoms with Crippen LogP contribution < -0.4 is 5.32 Å². The Bertz CT molecular complexity index is 891. The van der Waals surface area contributed by atoms with Gasteiger partial charge in [0.05, 0.1) is 10.5 Å². The number of aromatic nitrogens is 2. The van der Waals surface area contributed by atoms with Gasteiger partial charge >= 0.3 is 6.18 Å². The Morgan fingerprint density at radius 3 is 2.76 bits per heavy atom. The molecule has 0 saturated heterocycles. The topological polar surface area (TPSA) is 73.0 Å². The van der Waals surface area contributed by atoms with Gasteiger partial charge < -0.3 is 5.32 Å². The number of rotatable bonds is 5. The number of anilines is 1. The fourth-order valence-electron chi connectivity index (χ4n) is 2.25. The first-order chi connectivity index (χ1) is 11.8. The number of nitro groups is 1. The van der Waals surface area contributed by atoms with Crippen LogP contribution in [0.2, 0.25) is 0 Å². The van der Waals surface area contributed by atoms with Crippen molar-refractivity contribution < 1.29 is 18.1 Å². The number of thiophene rings is 1. The molecule has 0 aliphatic carbocycles. The van der Waals surface area contributed by atoms with Gasteiger partial charge in [0.15, 0.2) is 0 Å². The molecule has 1 N–H and O–H groups in total. The molecule has 25 heavy (non-hydrogen) atoms. The van der Waals surface area contributed by atoms with Crippen molar-refractivity contribution in [3.63, 3.8) is 0 Å². The molecule has 2 aromatic heterocycles. The molecule has 0 atom stereocenters. The van der Waals surface area contributed by atoms with Crippen LogP contribution in [-0.4, -0.2) is 14.7 Å². The van der Waals surface area contributed by atoms with Gasteiger partial charge in [0.1, 0.15) is 5.00 Å². The summed E-state index contributed by atoms with van der Waals surface area (Å²) >= 11 is 1.37. The molecule has 0 unspecified atom stereocenters. The number of non-ortho nitro benzene ring substituents is 1. The molecule has 0 aliphatic heterocycles. The van der Waals surface area contributed by atoms with E-state index in [1.807, 2.05) is 0 Å². The van der Waals surface area contributed by atoms with Crippen molar-refractivity contribution in [2.75, 3.05) is 5.32 Å². The first-order valence-electron chi connectivity index (χ1n) is 7.01. The fourth-order valence-corrected chi connectivity index (χ4v) is 3.06. The third-order valence-electron chi connectivity index (χ3n) is 3.40. The van der Waals surface area contributed by atoms with Gasteiger partial charge in [0.25, 0.3) is 5.69 Å². The lowest BCUT2D eigenvalue weighted by Crippen LogP contribution is -2.12. The summed E-state index contributed by atoms with van der Waals surface area (Å²) in [6.45, 7) is -0.189. The quantitative estimate of drug-likeness (QED) is 0.533. The Kier molecular flexibility index (Phi) is 4.45. The maximum atomic E-state index is 13.1. The molecule has 0 saturated carbocycles. The molecular formula is C15H11F3N4O2S. The molecule has 0 amide bonds. The number of halogens is 3. The summed E-state index contributed by atoms with van der Waals surface area (Å²) in [5.41, 5.74) is -0.857. The van der Waals surface area contributed by atoms with Crippen LogP contribution in [0.1, 0.15) is 11.1 Å². The number of hydrogen-bond donors (Lipinski definition) is 1. The lowest BCUT2D eigenvalue weighted by molar-refractivity contribution is -0.385. The number of nitrogens with one attached hydrogen (secondary N) is 1. The second-order valence-corrected chi connectivity index (χ2v) is 5.96. The van der Waals surface area contributed by atoms with Crippen molar-refractivity contribution in [3.8, 4) is 5.00 Å². The van der Waals surface area contributed by atoms with Crippen LogP contribution in [0.4, 0.5) is 24.5 Å². The minimum atomic E-state index is -4.58. The summed E-state index contributed by atoms with van der Waals surface area (Å²) in [6.07, 6.45) is -1.22. The average molecular weight is 368 g/mol. The van der Waals surface area contributed by atoms with E-state index in [2.05, 4.69) is 10.4 Å². The molecule has 130 valence electrons. The minimum Gasteiger partial charge on any atom is -0.380 e. The third-order valence-corrected chi connectivity index (χ3v) is 4.32. The van der Waals surface area contributed by atoms with Crippen molar-refractivity contribution >= 4 is 22.7 Å². The highest BCUT2D eigenvalue weighted by Crippen LogP contribution is 2.34. The van der Waals surface area contributed by atoms with Crippen LogP contribution in [0.5, 0.6) is 0 Å². The maximum absolute atomic E-state index is 13.1. The third kappa shape index (κ3) is 3.79. The summed E-state index contributed by atoms with van der Waals surface area (Å²) in [6, 6.07) is 6.02. The van der Waals surface area contributed by atoms with Gasteiger partial charge in [0.2, 0.25) is 0 Å². The largest absolute Gasteiger partial charge is 0.416 e.